The summed E-state index contributed by atoms with van der Waals surface area (Å²) in [6.07, 6.45) is 32.0. The molecule has 0 aliphatic rings. The molecule has 7 nitrogen and oxygen atoms in total. The summed E-state index contributed by atoms with van der Waals surface area (Å²) in [4.78, 5) is 37.8. The molecule has 0 rings (SSSR count). The Bertz CT molecular complexity index is 738. The van der Waals surface area contributed by atoms with Crippen molar-refractivity contribution in [3.05, 3.63) is 12.2 Å². The normalized spacial score (nSPS) is 15.0. The van der Waals surface area contributed by atoms with Crippen molar-refractivity contribution in [2.45, 2.75) is 213 Å². The third-order valence-electron chi connectivity index (χ3n) is 9.84. The van der Waals surface area contributed by atoms with Crippen molar-refractivity contribution >= 4 is 17.9 Å². The van der Waals surface area contributed by atoms with Crippen molar-refractivity contribution in [1.29, 1.82) is 0 Å². The van der Waals surface area contributed by atoms with Crippen molar-refractivity contribution in [3.63, 3.8) is 0 Å². The maximum absolute atomic E-state index is 12.6. The average molecular weight is 653 g/mol. The number of hydrogen-bond donors (Lipinski definition) is 3. The van der Waals surface area contributed by atoms with E-state index >= 15 is 0 Å². The minimum Gasteiger partial charge on any atom is -0.477 e. The SMILES string of the molecule is CCCCCCCCCCCCCCCCCC/C=C/CCCC[N+](C(CCC)C(=O)O)(C(CCC)C(=O)O)C(CCC)C(=O)O. The van der Waals surface area contributed by atoms with Gasteiger partial charge >= 0.3 is 17.9 Å². The van der Waals surface area contributed by atoms with Crippen LogP contribution >= 0.6 is 0 Å². The second-order valence-electron chi connectivity index (χ2n) is 13.7. The first-order valence-electron chi connectivity index (χ1n) is 19.4. The molecule has 0 bridgehead atoms. The van der Waals surface area contributed by atoms with E-state index < -0.39 is 40.5 Å². The molecule has 3 unspecified atom stereocenters. The van der Waals surface area contributed by atoms with E-state index in [9.17, 15) is 29.7 Å². The van der Waals surface area contributed by atoms with E-state index in [0.717, 1.165) is 19.3 Å². The lowest BCUT2D eigenvalue weighted by molar-refractivity contribution is -0.973. The Morgan fingerprint density at radius 2 is 0.717 bits per heavy atom. The summed E-state index contributed by atoms with van der Waals surface area (Å²) in [7, 11) is 0. The van der Waals surface area contributed by atoms with Crippen LogP contribution in [0.4, 0.5) is 0 Å². The van der Waals surface area contributed by atoms with E-state index in [2.05, 4.69) is 19.1 Å². The molecule has 0 aromatic heterocycles. The Labute approximate surface area is 283 Å². The monoisotopic (exact) mass is 653 g/mol. The lowest BCUT2D eigenvalue weighted by Crippen LogP contribution is -2.72. The highest BCUT2D eigenvalue weighted by Gasteiger charge is 2.56. The average Bonchev–Trinajstić information content (AvgIpc) is 3.02. The molecule has 0 aliphatic heterocycles. The Morgan fingerprint density at radius 1 is 0.435 bits per heavy atom. The van der Waals surface area contributed by atoms with Crippen LogP contribution in [0.15, 0.2) is 12.2 Å². The Hall–Kier alpha value is -1.89. The van der Waals surface area contributed by atoms with Gasteiger partial charge in [-0.25, -0.2) is 14.4 Å². The van der Waals surface area contributed by atoms with Crippen molar-refractivity contribution < 1.29 is 34.2 Å². The number of unbranched alkanes of at least 4 members (excludes halogenated alkanes) is 18. The second-order valence-corrected chi connectivity index (χ2v) is 13.7. The van der Waals surface area contributed by atoms with Gasteiger partial charge < -0.3 is 15.3 Å². The minimum atomic E-state index is -1.09. The first kappa shape index (κ1) is 44.1. The topological polar surface area (TPSA) is 112 Å². The molecule has 46 heavy (non-hydrogen) atoms. The van der Waals surface area contributed by atoms with Gasteiger partial charge in [0.1, 0.15) is 0 Å². The Balaban J connectivity index is 4.64. The van der Waals surface area contributed by atoms with Gasteiger partial charge in [0.2, 0.25) is 0 Å². The van der Waals surface area contributed by atoms with Crippen LogP contribution in [0.1, 0.15) is 195 Å². The number of aliphatic carboxylic acids is 3. The van der Waals surface area contributed by atoms with E-state index in [1.165, 1.54) is 103 Å². The lowest BCUT2D eigenvalue weighted by Gasteiger charge is -2.50. The number of nitrogens with zero attached hydrogens (tertiary/aromatic N) is 1. The zero-order chi connectivity index (χ0) is 34.5. The highest BCUT2D eigenvalue weighted by atomic mass is 16.4. The van der Waals surface area contributed by atoms with E-state index in [1.807, 2.05) is 20.8 Å². The van der Waals surface area contributed by atoms with Crippen LogP contribution < -0.4 is 0 Å². The van der Waals surface area contributed by atoms with Gasteiger partial charge in [-0.2, -0.15) is 0 Å². The van der Waals surface area contributed by atoms with Crippen molar-refractivity contribution in [2.75, 3.05) is 6.54 Å². The van der Waals surface area contributed by atoms with Crippen LogP contribution in [-0.2, 0) is 14.4 Å². The van der Waals surface area contributed by atoms with Gasteiger partial charge in [-0.15, -0.1) is 0 Å². The maximum atomic E-state index is 12.6. The first-order chi connectivity index (χ1) is 22.2. The number of allylic oxidation sites excluding steroid dienone is 2. The standard InChI is InChI=1S/C39H73NO6/c1-5-9-10-11-12-13-14-15-16-17-18-19-20-21-22-23-24-25-26-27-28-29-33-40(34(30-6-2)37(41)42,35(31-7-3)38(43)44)36(32-8-4)39(45)46/h25-26,34-36H,5-24,27-33H2,1-4H3,(H2-,41,42,43,44,45,46)/p+1/b26-25+. The van der Waals surface area contributed by atoms with Crippen LogP contribution in [-0.4, -0.2) is 62.4 Å². The number of carbonyl (C=O) groups is 3. The molecule has 0 saturated heterocycles. The fourth-order valence-electron chi connectivity index (χ4n) is 7.34. The predicted molar refractivity (Wildman–Crippen MR) is 191 cm³/mol. The molecule has 3 atom stereocenters. The van der Waals surface area contributed by atoms with Crippen molar-refractivity contribution in [3.8, 4) is 0 Å². The van der Waals surface area contributed by atoms with Crippen LogP contribution in [0.2, 0.25) is 0 Å². The van der Waals surface area contributed by atoms with Crippen LogP contribution in [0.25, 0.3) is 0 Å². The summed E-state index contributed by atoms with van der Waals surface area (Å²) in [5.74, 6) is -3.28. The molecule has 0 heterocycles. The van der Waals surface area contributed by atoms with Gasteiger partial charge in [-0.3, -0.25) is 4.48 Å². The smallest absolute Gasteiger partial charge is 0.362 e. The minimum absolute atomic E-state index is 0.248. The fourth-order valence-corrected chi connectivity index (χ4v) is 7.34. The molecule has 3 N–H and O–H groups in total. The molecule has 0 radical (unpaired) electrons. The first-order valence-corrected chi connectivity index (χ1v) is 19.4. The molecule has 0 fully saturated rings. The molecule has 0 aliphatic carbocycles. The van der Waals surface area contributed by atoms with Crippen LogP contribution in [0.5, 0.6) is 0 Å². The van der Waals surface area contributed by atoms with E-state index in [0.29, 0.717) is 25.7 Å². The maximum Gasteiger partial charge on any atom is 0.362 e. The number of carboxylic acid groups (broad SMARTS) is 3. The Morgan fingerprint density at radius 3 is 1.00 bits per heavy atom. The molecule has 0 aromatic carbocycles. The molecular weight excluding hydrogens is 578 g/mol. The summed E-state index contributed by atoms with van der Waals surface area (Å²) < 4.78 is -0.390. The van der Waals surface area contributed by atoms with E-state index in [1.54, 1.807) is 0 Å². The predicted octanol–water partition coefficient (Wildman–Crippen LogP) is 10.9. The number of carboxylic acids is 3. The summed E-state index contributed by atoms with van der Waals surface area (Å²) in [5.41, 5.74) is 0. The fraction of sp³-hybridized carbons (Fsp3) is 0.872. The van der Waals surface area contributed by atoms with Crippen LogP contribution in [0, 0.1) is 0 Å². The van der Waals surface area contributed by atoms with Gasteiger partial charge in [-0.05, 0) is 51.4 Å². The van der Waals surface area contributed by atoms with Gasteiger partial charge in [-0.1, -0.05) is 136 Å². The molecule has 0 aromatic rings. The largest absolute Gasteiger partial charge is 0.477 e. The van der Waals surface area contributed by atoms with Gasteiger partial charge in [0, 0.05) is 19.3 Å². The number of rotatable bonds is 34. The molecule has 270 valence electrons. The summed E-state index contributed by atoms with van der Waals surface area (Å²) >= 11 is 0. The number of quaternary nitrogens is 1. The molecule has 0 spiro atoms. The van der Waals surface area contributed by atoms with Gasteiger partial charge in [0.15, 0.2) is 18.1 Å². The second kappa shape index (κ2) is 29.3. The molecule has 7 heteroatoms. The van der Waals surface area contributed by atoms with Crippen molar-refractivity contribution in [2.24, 2.45) is 0 Å². The van der Waals surface area contributed by atoms with Gasteiger partial charge in [0.25, 0.3) is 0 Å². The van der Waals surface area contributed by atoms with Crippen molar-refractivity contribution in [1.82, 2.24) is 0 Å². The van der Waals surface area contributed by atoms with Gasteiger partial charge in [0.05, 0.1) is 6.54 Å². The van der Waals surface area contributed by atoms with E-state index in [-0.39, 0.29) is 25.8 Å². The summed E-state index contributed by atoms with van der Waals surface area (Å²) in [6, 6.07) is -3.18. The highest BCUT2D eigenvalue weighted by Crippen LogP contribution is 2.34. The zero-order valence-electron chi connectivity index (χ0n) is 30.5. The number of hydrogen-bond acceptors (Lipinski definition) is 3. The van der Waals surface area contributed by atoms with E-state index in [4.69, 9.17) is 0 Å². The highest BCUT2D eigenvalue weighted by molar-refractivity contribution is 5.78. The molecular formula is C39H74NO6+. The molecule has 0 amide bonds. The van der Waals surface area contributed by atoms with Crippen LogP contribution in [0.3, 0.4) is 0 Å². The lowest BCUT2D eigenvalue weighted by atomic mass is 9.91. The third kappa shape index (κ3) is 18.4. The Kier molecular flexibility index (Phi) is 28.1. The summed E-state index contributed by atoms with van der Waals surface area (Å²) in [6.45, 7) is 8.15. The summed E-state index contributed by atoms with van der Waals surface area (Å²) in [5, 5.41) is 30.9. The quantitative estimate of drug-likeness (QED) is 0.0362. The zero-order valence-corrected chi connectivity index (χ0v) is 30.5. The third-order valence-corrected chi connectivity index (χ3v) is 9.84. The molecule has 0 saturated carbocycles.